The number of benzene rings is 1. The monoisotopic (exact) mass is 365 g/mol. The molecule has 1 N–H and O–H groups in total. The summed E-state index contributed by atoms with van der Waals surface area (Å²) < 4.78 is 43.7. The van der Waals surface area contributed by atoms with E-state index in [0.29, 0.717) is 24.1 Å². The molecule has 1 aromatic rings. The number of hydrogen-bond acceptors (Lipinski definition) is 4. The highest BCUT2D eigenvalue weighted by atomic mass is 79.9. The Bertz CT molecular complexity index is 490. The van der Waals surface area contributed by atoms with Gasteiger partial charge in [-0.05, 0) is 19.2 Å². The van der Waals surface area contributed by atoms with Gasteiger partial charge in [0.15, 0.2) is 11.6 Å². The van der Waals surface area contributed by atoms with Crippen molar-refractivity contribution >= 4 is 15.9 Å². The van der Waals surface area contributed by atoms with E-state index in [2.05, 4.69) is 21.2 Å². The zero-order chi connectivity index (χ0) is 15.4. The zero-order valence-electron chi connectivity index (χ0n) is 11.9. The molecular formula is C14H18BrF2NO3. The van der Waals surface area contributed by atoms with E-state index in [4.69, 9.17) is 14.2 Å². The second kappa shape index (κ2) is 7.49. The van der Waals surface area contributed by atoms with Crippen LogP contribution in [0.2, 0.25) is 0 Å². The van der Waals surface area contributed by atoms with E-state index in [1.54, 1.807) is 7.11 Å². The van der Waals surface area contributed by atoms with Gasteiger partial charge in [0.05, 0.1) is 13.2 Å². The van der Waals surface area contributed by atoms with Crippen molar-refractivity contribution in [3.05, 3.63) is 28.2 Å². The largest absolute Gasteiger partial charge is 0.484 e. The summed E-state index contributed by atoms with van der Waals surface area (Å²) in [4.78, 5) is 0. The third-order valence-corrected chi connectivity index (χ3v) is 3.91. The van der Waals surface area contributed by atoms with Gasteiger partial charge in [0, 0.05) is 24.0 Å². The van der Waals surface area contributed by atoms with Crippen LogP contribution >= 0.6 is 15.9 Å². The van der Waals surface area contributed by atoms with Gasteiger partial charge in [-0.3, -0.25) is 0 Å². The molecule has 0 amide bonds. The van der Waals surface area contributed by atoms with Crippen LogP contribution in [0.4, 0.5) is 8.78 Å². The maximum Gasteiger partial charge on any atom is 0.200 e. The molecule has 0 heterocycles. The molecule has 0 aromatic heterocycles. The summed E-state index contributed by atoms with van der Waals surface area (Å²) in [6.07, 6.45) is 0.135. The molecule has 0 radical (unpaired) electrons. The summed E-state index contributed by atoms with van der Waals surface area (Å²) in [5, 5.41) is 3.11. The van der Waals surface area contributed by atoms with Crippen molar-refractivity contribution < 1.29 is 23.0 Å². The lowest BCUT2D eigenvalue weighted by molar-refractivity contribution is -0.115. The zero-order valence-corrected chi connectivity index (χ0v) is 13.5. The van der Waals surface area contributed by atoms with Gasteiger partial charge < -0.3 is 19.5 Å². The quantitative estimate of drug-likeness (QED) is 0.595. The van der Waals surface area contributed by atoms with E-state index in [1.807, 2.05) is 7.05 Å². The molecule has 0 spiro atoms. The molecule has 0 aliphatic heterocycles. The molecule has 3 atom stereocenters. The lowest BCUT2D eigenvalue weighted by atomic mass is 9.85. The van der Waals surface area contributed by atoms with Crippen molar-refractivity contribution in [2.45, 2.75) is 24.7 Å². The summed E-state index contributed by atoms with van der Waals surface area (Å²) >= 11 is 3.12. The van der Waals surface area contributed by atoms with Crippen molar-refractivity contribution in [3.8, 4) is 5.75 Å². The first-order chi connectivity index (χ1) is 10.1. The van der Waals surface area contributed by atoms with E-state index in [1.165, 1.54) is 6.07 Å². The van der Waals surface area contributed by atoms with Gasteiger partial charge in [-0.2, -0.15) is 4.39 Å². The predicted octanol–water partition coefficient (Wildman–Crippen LogP) is 2.50. The van der Waals surface area contributed by atoms with Crippen molar-refractivity contribution in [3.63, 3.8) is 0 Å². The van der Waals surface area contributed by atoms with Crippen LogP contribution in [-0.4, -0.2) is 45.6 Å². The molecule has 0 bridgehead atoms. The van der Waals surface area contributed by atoms with Crippen LogP contribution in [0.25, 0.3) is 0 Å². The second-order valence-corrected chi connectivity index (χ2v) is 5.73. The molecule has 1 aliphatic rings. The minimum absolute atomic E-state index is 0.109. The normalized spacial score (nSPS) is 24.7. The van der Waals surface area contributed by atoms with Crippen LogP contribution in [0.5, 0.6) is 5.75 Å². The smallest absolute Gasteiger partial charge is 0.200 e. The van der Waals surface area contributed by atoms with Gasteiger partial charge in [0.1, 0.15) is 12.2 Å². The molecule has 3 unspecified atom stereocenters. The number of rotatable bonds is 7. The van der Waals surface area contributed by atoms with E-state index in [-0.39, 0.29) is 24.0 Å². The fraction of sp³-hybridized carbons (Fsp3) is 0.571. The third kappa shape index (κ3) is 3.91. The molecule has 1 aromatic carbocycles. The van der Waals surface area contributed by atoms with Crippen LogP contribution in [0.3, 0.4) is 0 Å². The fourth-order valence-electron chi connectivity index (χ4n) is 2.25. The van der Waals surface area contributed by atoms with Gasteiger partial charge in [0.25, 0.3) is 0 Å². The van der Waals surface area contributed by atoms with E-state index < -0.39 is 11.6 Å². The van der Waals surface area contributed by atoms with Crippen molar-refractivity contribution in [2.24, 2.45) is 0 Å². The number of hydrogen-bond donors (Lipinski definition) is 1. The van der Waals surface area contributed by atoms with Gasteiger partial charge in [-0.25, -0.2) is 4.39 Å². The Labute approximate surface area is 130 Å². The number of halogens is 3. The van der Waals surface area contributed by atoms with Gasteiger partial charge in [0.2, 0.25) is 5.82 Å². The van der Waals surface area contributed by atoms with E-state index >= 15 is 0 Å². The first kappa shape index (κ1) is 16.6. The van der Waals surface area contributed by atoms with Gasteiger partial charge in [-0.15, -0.1) is 0 Å². The van der Waals surface area contributed by atoms with Crippen LogP contribution < -0.4 is 10.1 Å². The average Bonchev–Trinajstić information content (AvgIpc) is 2.44. The molecule has 21 heavy (non-hydrogen) atoms. The number of ether oxygens (including phenoxy) is 3. The van der Waals surface area contributed by atoms with E-state index in [9.17, 15) is 8.78 Å². The van der Waals surface area contributed by atoms with Crippen LogP contribution in [0, 0.1) is 11.6 Å². The summed E-state index contributed by atoms with van der Waals surface area (Å²) in [5.41, 5.74) is 0. The van der Waals surface area contributed by atoms with Crippen LogP contribution in [0.1, 0.15) is 6.42 Å². The van der Waals surface area contributed by atoms with E-state index in [0.717, 1.165) is 6.07 Å². The molecule has 4 nitrogen and oxygen atoms in total. The third-order valence-electron chi connectivity index (χ3n) is 3.46. The van der Waals surface area contributed by atoms with Gasteiger partial charge >= 0.3 is 0 Å². The first-order valence-corrected chi connectivity index (χ1v) is 7.45. The average molecular weight is 366 g/mol. The highest BCUT2D eigenvalue weighted by molar-refractivity contribution is 9.10. The molecule has 1 aliphatic carbocycles. The van der Waals surface area contributed by atoms with Crippen LogP contribution in [0.15, 0.2) is 16.6 Å². The Morgan fingerprint density at radius 2 is 2.10 bits per heavy atom. The van der Waals surface area contributed by atoms with Crippen molar-refractivity contribution in [1.29, 1.82) is 0 Å². The molecule has 1 fully saturated rings. The Morgan fingerprint density at radius 1 is 1.33 bits per heavy atom. The topological polar surface area (TPSA) is 39.7 Å². The molecule has 2 rings (SSSR count). The summed E-state index contributed by atoms with van der Waals surface area (Å²) in [5.74, 6) is -2.04. The number of nitrogens with one attached hydrogen (secondary N) is 1. The Hall–Kier alpha value is -0.760. The standard InChI is InChI=1S/C14H18BrF2NO3/c1-18-10-7-12(14(10)20-4-3-19-2)21-11-6-8(15)5-9(16)13(11)17/h5-6,10,12,14,18H,3-4,7H2,1-2H3. The summed E-state index contributed by atoms with van der Waals surface area (Å²) in [6.45, 7) is 0.897. The lowest BCUT2D eigenvalue weighted by Crippen LogP contribution is -2.60. The molecule has 7 heteroatoms. The minimum atomic E-state index is -0.984. The Balaban J connectivity index is 2.01. The molecular weight excluding hydrogens is 348 g/mol. The fourth-order valence-corrected chi connectivity index (χ4v) is 2.66. The highest BCUT2D eigenvalue weighted by Gasteiger charge is 2.43. The maximum absolute atomic E-state index is 13.7. The number of methoxy groups -OCH3 is 1. The van der Waals surface area contributed by atoms with Gasteiger partial charge in [-0.1, -0.05) is 15.9 Å². The van der Waals surface area contributed by atoms with Crippen LogP contribution in [-0.2, 0) is 9.47 Å². The predicted molar refractivity (Wildman–Crippen MR) is 77.6 cm³/mol. The SMILES string of the molecule is CNC1CC(Oc2cc(Br)cc(F)c2F)C1OCCOC. The van der Waals surface area contributed by atoms with Crippen molar-refractivity contribution in [1.82, 2.24) is 5.32 Å². The Morgan fingerprint density at radius 3 is 2.76 bits per heavy atom. The maximum atomic E-state index is 13.7. The number of likely N-dealkylation sites (N-methyl/N-ethyl adjacent to an activating group) is 1. The Kier molecular flexibility index (Phi) is 5.92. The lowest BCUT2D eigenvalue weighted by Gasteiger charge is -2.43. The first-order valence-electron chi connectivity index (χ1n) is 6.65. The summed E-state index contributed by atoms with van der Waals surface area (Å²) in [7, 11) is 3.42. The molecule has 118 valence electrons. The molecule has 0 saturated heterocycles. The second-order valence-electron chi connectivity index (χ2n) is 4.82. The summed E-state index contributed by atoms with van der Waals surface area (Å²) in [6, 6.07) is 2.61. The van der Waals surface area contributed by atoms with Crippen molar-refractivity contribution in [2.75, 3.05) is 27.4 Å². The molecule has 1 saturated carbocycles. The highest BCUT2D eigenvalue weighted by Crippen LogP contribution is 2.32. The minimum Gasteiger partial charge on any atom is -0.484 e.